The molecule has 2 aliphatic rings. The third-order valence-electron chi connectivity index (χ3n) is 5.43. The molecule has 0 spiro atoms. The van der Waals surface area contributed by atoms with Crippen molar-refractivity contribution in [3.63, 3.8) is 0 Å². The summed E-state index contributed by atoms with van der Waals surface area (Å²) in [5, 5.41) is 16.3. The Kier molecular flexibility index (Phi) is 9.33. The monoisotopic (exact) mass is 453 g/mol. The molecule has 3 atom stereocenters. The molecule has 31 heavy (non-hydrogen) atoms. The topological polar surface area (TPSA) is 113 Å². The highest BCUT2D eigenvalue weighted by Crippen LogP contribution is 2.35. The maximum atomic E-state index is 12.4. The van der Waals surface area contributed by atoms with Crippen molar-refractivity contribution >= 4 is 29.5 Å². The first-order valence-electron chi connectivity index (χ1n) is 10.2. The van der Waals surface area contributed by atoms with Crippen molar-refractivity contribution in [1.82, 2.24) is 4.90 Å². The first-order chi connectivity index (χ1) is 14.7. The number of aliphatic carboxylic acids is 2. The van der Waals surface area contributed by atoms with Crippen molar-refractivity contribution in [3.05, 3.63) is 41.4 Å². The molecule has 9 heteroatoms. The van der Waals surface area contributed by atoms with Crippen LogP contribution in [0.2, 0.25) is 5.02 Å². The van der Waals surface area contributed by atoms with Crippen LogP contribution in [0, 0.1) is 0 Å². The summed E-state index contributed by atoms with van der Waals surface area (Å²) in [5.74, 6) is -2.13. The Morgan fingerprint density at radius 1 is 1.10 bits per heavy atom. The zero-order valence-electron chi connectivity index (χ0n) is 17.6. The first-order valence-corrected chi connectivity index (χ1v) is 10.6. The highest BCUT2D eigenvalue weighted by molar-refractivity contribution is 6.30. The predicted octanol–water partition coefficient (Wildman–Crippen LogP) is 3.38. The minimum Gasteiger partial charge on any atom is -0.479 e. The van der Waals surface area contributed by atoms with Crippen LogP contribution in [-0.4, -0.2) is 64.4 Å². The van der Waals surface area contributed by atoms with Crippen LogP contribution in [0.4, 0.5) is 0 Å². The number of carbonyl (C=O) groups excluding carboxylic acids is 1. The second kappa shape index (κ2) is 11.7. The molecule has 2 aliphatic heterocycles. The number of carboxylic acid groups (broad SMARTS) is 2. The number of fused-ring (bicyclic) bond motifs is 2. The van der Waals surface area contributed by atoms with E-state index < -0.39 is 18.0 Å². The largest absolute Gasteiger partial charge is 0.479 e. The van der Waals surface area contributed by atoms with E-state index in [0.29, 0.717) is 41.4 Å². The van der Waals surface area contributed by atoms with Gasteiger partial charge in [0.05, 0.1) is 0 Å². The van der Waals surface area contributed by atoms with E-state index in [1.54, 1.807) is 24.3 Å². The summed E-state index contributed by atoms with van der Waals surface area (Å²) in [4.78, 5) is 34.0. The summed E-state index contributed by atoms with van der Waals surface area (Å²) in [5.41, 5.74) is 0. The van der Waals surface area contributed by atoms with E-state index in [4.69, 9.17) is 31.3 Å². The molecule has 0 amide bonds. The highest BCUT2D eigenvalue weighted by atomic mass is 35.5. The highest BCUT2D eigenvalue weighted by Gasteiger charge is 2.40. The van der Waals surface area contributed by atoms with Gasteiger partial charge in [-0.15, -0.1) is 0 Å². The number of benzene rings is 1. The second-order valence-electron chi connectivity index (χ2n) is 7.56. The average molecular weight is 454 g/mol. The van der Waals surface area contributed by atoms with Crippen LogP contribution < -0.4 is 4.74 Å². The van der Waals surface area contributed by atoms with Crippen LogP contribution in [0.3, 0.4) is 0 Å². The lowest BCUT2D eigenvalue weighted by molar-refractivity contribution is -0.161. The van der Waals surface area contributed by atoms with Gasteiger partial charge >= 0.3 is 17.9 Å². The van der Waals surface area contributed by atoms with Gasteiger partial charge in [-0.25, -0.2) is 14.4 Å². The van der Waals surface area contributed by atoms with Gasteiger partial charge < -0.3 is 24.6 Å². The third kappa shape index (κ3) is 7.88. The van der Waals surface area contributed by atoms with Gasteiger partial charge in [0.1, 0.15) is 11.9 Å². The van der Waals surface area contributed by atoms with Crippen molar-refractivity contribution in [2.24, 2.45) is 0 Å². The summed E-state index contributed by atoms with van der Waals surface area (Å²) >= 11 is 5.87. The normalized spacial score (nSPS) is 23.5. The molecule has 1 aromatic carbocycles. The van der Waals surface area contributed by atoms with E-state index in [1.807, 2.05) is 6.92 Å². The standard InChI is InChI=1S/C18H24ClNO3.C4H4O4/c1-3-17(22-15-8-4-12(19)5-9-15)18(21)23-16-10-13-6-7-14(11-16)20(13)2;5-3(6)1-2-4(7)8/h4-5,8-9,13-14,16-17H,3,6-7,10-11H2,1-2H3;1-2H,(H,5,6)(H,7,8). The van der Waals surface area contributed by atoms with Crippen LogP contribution in [-0.2, 0) is 19.1 Å². The molecule has 2 heterocycles. The third-order valence-corrected chi connectivity index (χ3v) is 5.68. The maximum Gasteiger partial charge on any atom is 0.347 e. The van der Waals surface area contributed by atoms with Gasteiger partial charge in [-0.3, -0.25) is 0 Å². The lowest BCUT2D eigenvalue weighted by atomic mass is 10.0. The molecule has 1 aromatic rings. The fraction of sp³-hybridized carbons (Fsp3) is 0.500. The smallest absolute Gasteiger partial charge is 0.347 e. The molecule has 2 saturated heterocycles. The molecule has 3 rings (SSSR count). The molecule has 0 saturated carbocycles. The van der Waals surface area contributed by atoms with E-state index in [-0.39, 0.29) is 12.1 Å². The number of carbonyl (C=O) groups is 3. The number of hydrogen-bond acceptors (Lipinski definition) is 6. The van der Waals surface area contributed by atoms with Gasteiger partial charge in [-0.05, 0) is 63.4 Å². The fourth-order valence-corrected chi connectivity index (χ4v) is 3.94. The van der Waals surface area contributed by atoms with Crippen molar-refractivity contribution in [1.29, 1.82) is 0 Å². The average Bonchev–Trinajstić information content (AvgIpc) is 2.92. The van der Waals surface area contributed by atoms with Gasteiger partial charge in [-0.2, -0.15) is 0 Å². The Bertz CT molecular complexity index is 766. The first kappa shape index (κ1) is 24.7. The number of esters is 1. The van der Waals surface area contributed by atoms with E-state index >= 15 is 0 Å². The number of piperidine rings is 1. The molecular formula is C22H28ClNO7. The lowest BCUT2D eigenvalue weighted by Crippen LogP contribution is -2.44. The quantitative estimate of drug-likeness (QED) is 0.477. The van der Waals surface area contributed by atoms with Crippen LogP contribution in [0.1, 0.15) is 39.0 Å². The van der Waals surface area contributed by atoms with Crippen LogP contribution in [0.5, 0.6) is 5.75 Å². The molecule has 170 valence electrons. The zero-order chi connectivity index (χ0) is 23.0. The van der Waals surface area contributed by atoms with Gasteiger partial charge in [0.25, 0.3) is 0 Å². The molecular weight excluding hydrogens is 426 g/mol. The van der Waals surface area contributed by atoms with E-state index in [1.165, 1.54) is 12.8 Å². The summed E-state index contributed by atoms with van der Waals surface area (Å²) in [6.07, 6.45) is 5.48. The molecule has 0 radical (unpaired) electrons. The Morgan fingerprint density at radius 2 is 1.61 bits per heavy atom. The molecule has 8 nitrogen and oxygen atoms in total. The molecule has 2 bridgehead atoms. The van der Waals surface area contributed by atoms with Crippen LogP contribution >= 0.6 is 11.6 Å². The van der Waals surface area contributed by atoms with E-state index in [2.05, 4.69) is 11.9 Å². The predicted molar refractivity (Wildman–Crippen MR) is 114 cm³/mol. The van der Waals surface area contributed by atoms with E-state index in [9.17, 15) is 14.4 Å². The van der Waals surface area contributed by atoms with Crippen molar-refractivity contribution in [3.8, 4) is 5.75 Å². The van der Waals surface area contributed by atoms with Crippen molar-refractivity contribution in [2.45, 2.75) is 63.3 Å². The van der Waals surface area contributed by atoms with Gasteiger partial charge in [0, 0.05) is 29.3 Å². The summed E-state index contributed by atoms with van der Waals surface area (Å²) < 4.78 is 11.5. The number of hydrogen-bond donors (Lipinski definition) is 2. The minimum absolute atomic E-state index is 0.0269. The Balaban J connectivity index is 0.000000366. The summed E-state index contributed by atoms with van der Waals surface area (Å²) in [7, 11) is 2.18. The van der Waals surface area contributed by atoms with Crippen molar-refractivity contribution in [2.75, 3.05) is 7.05 Å². The van der Waals surface area contributed by atoms with Gasteiger partial charge in [0.2, 0.25) is 0 Å². The van der Waals surface area contributed by atoms with Crippen molar-refractivity contribution < 1.29 is 34.1 Å². The molecule has 0 aromatic heterocycles. The molecule has 2 N–H and O–H groups in total. The lowest BCUT2D eigenvalue weighted by Gasteiger charge is -2.36. The van der Waals surface area contributed by atoms with Gasteiger partial charge in [0.15, 0.2) is 6.10 Å². The Hall–Kier alpha value is -2.58. The fourth-order valence-electron chi connectivity index (χ4n) is 3.82. The minimum atomic E-state index is -1.26. The number of rotatable bonds is 7. The number of ether oxygens (including phenoxy) is 2. The molecule has 0 aliphatic carbocycles. The van der Waals surface area contributed by atoms with E-state index in [0.717, 1.165) is 12.8 Å². The summed E-state index contributed by atoms with van der Waals surface area (Å²) in [6.45, 7) is 1.93. The SMILES string of the molecule is CCC(Oc1ccc(Cl)cc1)C(=O)OC1CC2CCC(C1)N2C.O=C(O)C=CC(=O)O. The number of nitrogens with zero attached hydrogens (tertiary/aromatic N) is 1. The summed E-state index contributed by atoms with van der Waals surface area (Å²) in [6, 6.07) is 8.17. The Morgan fingerprint density at radius 3 is 2.06 bits per heavy atom. The molecule has 2 fully saturated rings. The van der Waals surface area contributed by atoms with Gasteiger partial charge in [-0.1, -0.05) is 18.5 Å². The number of carboxylic acids is 2. The zero-order valence-corrected chi connectivity index (χ0v) is 18.3. The van der Waals surface area contributed by atoms with Crippen LogP contribution in [0.25, 0.3) is 0 Å². The van der Waals surface area contributed by atoms with Crippen LogP contribution in [0.15, 0.2) is 36.4 Å². The maximum absolute atomic E-state index is 12.4. The number of halogens is 1. The Labute approximate surface area is 186 Å². The second-order valence-corrected chi connectivity index (χ2v) is 8.00. The molecule has 3 unspecified atom stereocenters.